The molecule has 3 nitrogen and oxygen atoms in total. The van der Waals surface area contributed by atoms with Gasteiger partial charge in [-0.05, 0) is 12.8 Å². The van der Waals surface area contributed by atoms with Gasteiger partial charge >= 0.3 is 6.36 Å². The molecule has 0 atom stereocenters. The summed E-state index contributed by atoms with van der Waals surface area (Å²) in [6.07, 6.45) is -4.40. The van der Waals surface area contributed by atoms with Crippen molar-refractivity contribution in [2.45, 2.75) is 31.3 Å². The molecule has 0 aromatic rings. The molecule has 0 aliphatic heterocycles. The quantitative estimate of drug-likeness (QED) is 0.657. The van der Waals surface area contributed by atoms with Crippen LogP contribution in [0, 0.1) is 0 Å². The van der Waals surface area contributed by atoms with Crippen LogP contribution >= 0.6 is 0 Å². The first-order valence-corrected chi connectivity index (χ1v) is 3.45. The fraction of sp³-hybridized carbons (Fsp3) is 0.833. The number of nitrogens with one attached hydrogen (secondary N) is 1. The molecule has 1 amide bonds. The Morgan fingerprint density at radius 3 is 2.42 bits per heavy atom. The van der Waals surface area contributed by atoms with Gasteiger partial charge in [-0.3, -0.25) is 9.53 Å². The Morgan fingerprint density at radius 2 is 2.00 bits per heavy atom. The first-order chi connectivity index (χ1) is 5.51. The smallest absolute Gasteiger partial charge is 0.356 e. The molecule has 0 spiro atoms. The maximum absolute atomic E-state index is 11.5. The Kier molecular flexibility index (Phi) is 2.56. The average molecular weight is 183 g/mol. The van der Waals surface area contributed by atoms with Crippen LogP contribution in [0.3, 0.4) is 0 Å². The summed E-state index contributed by atoms with van der Waals surface area (Å²) in [4.78, 5) is 9.83. The van der Waals surface area contributed by atoms with Crippen LogP contribution in [0.4, 0.5) is 13.2 Å². The third-order valence-electron chi connectivity index (χ3n) is 1.70. The Balaban J connectivity index is 2.13. The van der Waals surface area contributed by atoms with Crippen LogP contribution in [0.5, 0.6) is 0 Å². The van der Waals surface area contributed by atoms with E-state index in [1.165, 1.54) is 0 Å². The largest absolute Gasteiger partial charge is 0.522 e. The Morgan fingerprint density at radius 1 is 1.42 bits per heavy atom. The van der Waals surface area contributed by atoms with E-state index in [0.29, 0.717) is 6.41 Å². The van der Waals surface area contributed by atoms with Crippen LogP contribution in [-0.2, 0) is 9.53 Å². The van der Waals surface area contributed by atoms with Gasteiger partial charge in [0, 0.05) is 6.04 Å². The molecule has 70 valence electrons. The summed E-state index contributed by atoms with van der Waals surface area (Å²) in [5.74, 6) is 0. The Hall–Kier alpha value is -0.780. The van der Waals surface area contributed by atoms with Gasteiger partial charge in [0.1, 0.15) is 0 Å². The molecule has 0 radical (unpaired) electrons. The molecule has 0 unspecified atom stereocenters. The van der Waals surface area contributed by atoms with Crippen molar-refractivity contribution in [1.29, 1.82) is 0 Å². The third-order valence-corrected chi connectivity index (χ3v) is 1.70. The van der Waals surface area contributed by atoms with Crippen molar-refractivity contribution in [1.82, 2.24) is 5.32 Å². The van der Waals surface area contributed by atoms with Gasteiger partial charge in [-0.15, -0.1) is 13.2 Å². The molecule has 0 heterocycles. The normalized spacial score (nSPS) is 29.2. The summed E-state index contributed by atoms with van der Waals surface area (Å²) in [6.45, 7) is 0. The summed E-state index contributed by atoms with van der Waals surface area (Å²) in [6, 6.07) is -0.158. The number of hydrogen-bond donors (Lipinski definition) is 1. The molecule has 0 saturated heterocycles. The number of halogens is 3. The SMILES string of the molecule is O=CNC1CC(OC(F)(F)F)C1. The Bertz CT molecular complexity index is 165. The molecular formula is C6H8F3NO2. The average Bonchev–Trinajstić information content (AvgIpc) is 1.80. The molecule has 1 saturated carbocycles. The summed E-state index contributed by atoms with van der Waals surface area (Å²) in [7, 11) is 0. The van der Waals surface area contributed by atoms with E-state index in [0.717, 1.165) is 0 Å². The number of ether oxygens (including phenoxy) is 1. The molecule has 1 N–H and O–H groups in total. The van der Waals surface area contributed by atoms with E-state index in [-0.39, 0.29) is 18.9 Å². The predicted molar refractivity (Wildman–Crippen MR) is 33.1 cm³/mol. The fourth-order valence-electron chi connectivity index (χ4n) is 1.08. The number of rotatable bonds is 3. The maximum Gasteiger partial charge on any atom is 0.522 e. The number of carbonyl (C=O) groups is 1. The van der Waals surface area contributed by atoms with Crippen molar-refractivity contribution in [3.05, 3.63) is 0 Å². The number of hydrogen-bond acceptors (Lipinski definition) is 2. The van der Waals surface area contributed by atoms with Gasteiger partial charge in [-0.1, -0.05) is 0 Å². The minimum Gasteiger partial charge on any atom is -0.356 e. The zero-order valence-electron chi connectivity index (χ0n) is 6.10. The van der Waals surface area contributed by atoms with Gasteiger partial charge in [0.25, 0.3) is 0 Å². The number of alkyl halides is 3. The second-order valence-electron chi connectivity index (χ2n) is 2.64. The van der Waals surface area contributed by atoms with E-state index in [9.17, 15) is 18.0 Å². The lowest BCUT2D eigenvalue weighted by molar-refractivity contribution is -0.351. The van der Waals surface area contributed by atoms with Gasteiger partial charge in [0.05, 0.1) is 6.10 Å². The molecule has 0 bridgehead atoms. The first kappa shape index (κ1) is 9.31. The molecule has 1 fully saturated rings. The van der Waals surface area contributed by atoms with Crippen molar-refractivity contribution in [2.24, 2.45) is 0 Å². The third kappa shape index (κ3) is 2.69. The van der Waals surface area contributed by atoms with Gasteiger partial charge in [0.2, 0.25) is 6.41 Å². The van der Waals surface area contributed by atoms with Crippen LogP contribution in [-0.4, -0.2) is 24.9 Å². The highest BCUT2D eigenvalue weighted by Gasteiger charge is 2.39. The lowest BCUT2D eigenvalue weighted by Crippen LogP contribution is -2.46. The summed E-state index contributed by atoms with van der Waals surface area (Å²) in [5.41, 5.74) is 0. The molecule has 1 aliphatic carbocycles. The lowest BCUT2D eigenvalue weighted by Gasteiger charge is -2.34. The van der Waals surface area contributed by atoms with Crippen LogP contribution < -0.4 is 5.32 Å². The van der Waals surface area contributed by atoms with E-state index in [4.69, 9.17) is 0 Å². The van der Waals surface area contributed by atoms with Crippen LogP contribution in [0.1, 0.15) is 12.8 Å². The van der Waals surface area contributed by atoms with Gasteiger partial charge in [-0.2, -0.15) is 0 Å². The van der Waals surface area contributed by atoms with E-state index in [2.05, 4.69) is 10.1 Å². The molecular weight excluding hydrogens is 175 g/mol. The lowest BCUT2D eigenvalue weighted by atomic mass is 9.89. The van der Waals surface area contributed by atoms with E-state index in [1.807, 2.05) is 0 Å². The first-order valence-electron chi connectivity index (χ1n) is 3.45. The second-order valence-corrected chi connectivity index (χ2v) is 2.64. The van der Waals surface area contributed by atoms with E-state index < -0.39 is 12.5 Å². The summed E-state index contributed by atoms with van der Waals surface area (Å²) >= 11 is 0. The van der Waals surface area contributed by atoms with Gasteiger partial charge in [0.15, 0.2) is 0 Å². The zero-order valence-corrected chi connectivity index (χ0v) is 6.10. The fourth-order valence-corrected chi connectivity index (χ4v) is 1.08. The highest BCUT2D eigenvalue weighted by atomic mass is 19.4. The minimum atomic E-state index is -4.56. The minimum absolute atomic E-state index is 0.158. The summed E-state index contributed by atoms with van der Waals surface area (Å²) < 4.78 is 38.3. The van der Waals surface area contributed by atoms with E-state index in [1.54, 1.807) is 0 Å². The molecule has 12 heavy (non-hydrogen) atoms. The number of amides is 1. The monoisotopic (exact) mass is 183 g/mol. The van der Waals surface area contributed by atoms with Gasteiger partial charge in [-0.25, -0.2) is 0 Å². The topological polar surface area (TPSA) is 38.3 Å². The summed E-state index contributed by atoms with van der Waals surface area (Å²) in [5, 5.41) is 2.37. The molecule has 1 aliphatic rings. The molecule has 6 heteroatoms. The molecule has 1 rings (SSSR count). The molecule has 0 aromatic heterocycles. The van der Waals surface area contributed by atoms with Crippen molar-refractivity contribution in [2.75, 3.05) is 0 Å². The van der Waals surface area contributed by atoms with Crippen LogP contribution in [0.25, 0.3) is 0 Å². The second kappa shape index (κ2) is 3.30. The van der Waals surface area contributed by atoms with Crippen molar-refractivity contribution in [3.63, 3.8) is 0 Å². The van der Waals surface area contributed by atoms with Crippen molar-refractivity contribution < 1.29 is 22.7 Å². The highest BCUT2D eigenvalue weighted by Crippen LogP contribution is 2.29. The molecule has 0 aromatic carbocycles. The van der Waals surface area contributed by atoms with Crippen LogP contribution in [0.2, 0.25) is 0 Å². The maximum atomic E-state index is 11.5. The van der Waals surface area contributed by atoms with Crippen molar-refractivity contribution >= 4 is 6.41 Å². The standard InChI is InChI=1S/C6H8F3NO2/c7-6(8,9)12-5-1-4(2-5)10-3-11/h3-5H,1-2H2,(H,10,11). The Labute approximate surface area is 66.9 Å². The van der Waals surface area contributed by atoms with Gasteiger partial charge < -0.3 is 5.32 Å². The van der Waals surface area contributed by atoms with Crippen LogP contribution in [0.15, 0.2) is 0 Å². The highest BCUT2D eigenvalue weighted by molar-refractivity contribution is 5.47. The number of carbonyl (C=O) groups excluding carboxylic acids is 1. The predicted octanol–water partition coefficient (Wildman–Crippen LogP) is 0.800. The van der Waals surface area contributed by atoms with E-state index >= 15 is 0 Å². The zero-order chi connectivity index (χ0) is 9.19. The van der Waals surface area contributed by atoms with Crippen molar-refractivity contribution in [3.8, 4) is 0 Å².